The number of hydrogen-bond acceptors (Lipinski definition) is 5. The molecule has 0 amide bonds. The van der Waals surface area contributed by atoms with Gasteiger partial charge in [-0.1, -0.05) is 0 Å². The maximum absolute atomic E-state index is 11.9. The van der Waals surface area contributed by atoms with E-state index < -0.39 is 32.4 Å². The van der Waals surface area contributed by atoms with Crippen LogP contribution < -0.4 is 4.72 Å². The number of sulfonamides is 1. The Bertz CT molecular complexity index is 566. The van der Waals surface area contributed by atoms with E-state index in [0.29, 0.717) is 0 Å². The van der Waals surface area contributed by atoms with Gasteiger partial charge in [-0.2, -0.15) is 0 Å². The van der Waals surface area contributed by atoms with E-state index in [2.05, 4.69) is 4.72 Å². The van der Waals surface area contributed by atoms with Crippen LogP contribution in [0, 0.1) is 0 Å². The number of aromatic carboxylic acids is 1. The molecule has 19 heavy (non-hydrogen) atoms. The summed E-state index contributed by atoms with van der Waals surface area (Å²) in [5.74, 6) is -1.72. The normalized spacial score (nSPS) is 17.9. The zero-order valence-corrected chi connectivity index (χ0v) is 11.2. The SMILES string of the molecule is COC1(CNS(=O)(=O)c2ccc(C(=O)O)o2)CCC1. The smallest absolute Gasteiger partial charge is 0.371 e. The molecule has 0 aromatic carbocycles. The van der Waals surface area contributed by atoms with Gasteiger partial charge in [-0.15, -0.1) is 0 Å². The summed E-state index contributed by atoms with van der Waals surface area (Å²) in [6.07, 6.45) is 2.59. The zero-order valence-electron chi connectivity index (χ0n) is 10.4. The summed E-state index contributed by atoms with van der Waals surface area (Å²) in [5.41, 5.74) is -0.449. The lowest BCUT2D eigenvalue weighted by Gasteiger charge is -2.40. The van der Waals surface area contributed by atoms with Gasteiger partial charge >= 0.3 is 5.97 Å². The van der Waals surface area contributed by atoms with Crippen LogP contribution >= 0.6 is 0 Å². The molecule has 106 valence electrons. The predicted octanol–water partition coefficient (Wildman–Crippen LogP) is 0.825. The maximum atomic E-state index is 11.9. The van der Waals surface area contributed by atoms with Crippen molar-refractivity contribution in [2.45, 2.75) is 30.0 Å². The molecular formula is C11H15NO6S. The third-order valence-electron chi connectivity index (χ3n) is 3.34. The topological polar surface area (TPSA) is 106 Å². The monoisotopic (exact) mass is 289 g/mol. The van der Waals surface area contributed by atoms with Crippen molar-refractivity contribution in [2.75, 3.05) is 13.7 Å². The summed E-state index contributed by atoms with van der Waals surface area (Å²) in [6, 6.07) is 2.22. The van der Waals surface area contributed by atoms with Crippen molar-refractivity contribution in [3.63, 3.8) is 0 Å². The van der Waals surface area contributed by atoms with Crippen molar-refractivity contribution < 1.29 is 27.5 Å². The van der Waals surface area contributed by atoms with Gasteiger partial charge in [0.05, 0.1) is 5.60 Å². The highest BCUT2D eigenvalue weighted by molar-refractivity contribution is 7.89. The molecule has 1 aliphatic carbocycles. The van der Waals surface area contributed by atoms with Gasteiger partial charge < -0.3 is 14.3 Å². The van der Waals surface area contributed by atoms with Gasteiger partial charge in [0.1, 0.15) is 0 Å². The molecule has 2 rings (SSSR count). The first-order chi connectivity index (χ1) is 8.88. The molecule has 1 aromatic rings. The number of rotatable bonds is 6. The Morgan fingerprint density at radius 2 is 2.21 bits per heavy atom. The van der Waals surface area contributed by atoms with Gasteiger partial charge in [-0.25, -0.2) is 17.9 Å². The summed E-state index contributed by atoms with van der Waals surface area (Å²) >= 11 is 0. The van der Waals surface area contributed by atoms with Crippen LogP contribution in [0.5, 0.6) is 0 Å². The minimum absolute atomic E-state index is 0.148. The number of hydrogen-bond donors (Lipinski definition) is 2. The molecule has 1 aromatic heterocycles. The molecule has 1 heterocycles. The number of carboxylic acids is 1. The quantitative estimate of drug-likeness (QED) is 0.803. The van der Waals surface area contributed by atoms with Crippen molar-refractivity contribution in [3.8, 4) is 0 Å². The standard InChI is InChI=1S/C11H15NO6S/c1-17-11(5-2-6-11)7-12-19(15,16)9-4-3-8(18-9)10(13)14/h3-4,12H,2,5-7H2,1H3,(H,13,14). The largest absolute Gasteiger partial charge is 0.475 e. The molecule has 0 unspecified atom stereocenters. The van der Waals surface area contributed by atoms with Crippen LogP contribution in [0.15, 0.2) is 21.6 Å². The van der Waals surface area contributed by atoms with Crippen LogP contribution in [0.25, 0.3) is 0 Å². The van der Waals surface area contributed by atoms with E-state index in [1.165, 1.54) is 0 Å². The fourth-order valence-electron chi connectivity index (χ4n) is 1.90. The Morgan fingerprint density at radius 3 is 2.63 bits per heavy atom. The van der Waals surface area contributed by atoms with E-state index in [9.17, 15) is 13.2 Å². The van der Waals surface area contributed by atoms with Crippen LogP contribution in [-0.2, 0) is 14.8 Å². The number of carboxylic acid groups (broad SMARTS) is 1. The van der Waals surface area contributed by atoms with Crippen molar-refractivity contribution >= 4 is 16.0 Å². The fraction of sp³-hybridized carbons (Fsp3) is 0.545. The van der Waals surface area contributed by atoms with Crippen molar-refractivity contribution in [3.05, 3.63) is 17.9 Å². The lowest BCUT2D eigenvalue weighted by Crippen LogP contribution is -2.49. The molecule has 8 heteroatoms. The van der Waals surface area contributed by atoms with Crippen molar-refractivity contribution in [1.29, 1.82) is 0 Å². The maximum Gasteiger partial charge on any atom is 0.371 e. The summed E-state index contributed by atoms with van der Waals surface area (Å²) in [4.78, 5) is 10.6. The average molecular weight is 289 g/mol. The molecular weight excluding hydrogens is 274 g/mol. The first kappa shape index (κ1) is 14.0. The van der Waals surface area contributed by atoms with Crippen LogP contribution in [0.2, 0.25) is 0 Å². The van der Waals surface area contributed by atoms with Crippen LogP contribution in [-0.4, -0.2) is 38.7 Å². The van der Waals surface area contributed by atoms with E-state index >= 15 is 0 Å². The second-order valence-electron chi connectivity index (χ2n) is 4.49. The van der Waals surface area contributed by atoms with E-state index in [1.807, 2.05) is 0 Å². The minimum atomic E-state index is -3.85. The van der Waals surface area contributed by atoms with Crippen LogP contribution in [0.3, 0.4) is 0 Å². The molecule has 0 saturated heterocycles. The molecule has 2 N–H and O–H groups in total. The van der Waals surface area contributed by atoms with E-state index in [1.54, 1.807) is 7.11 Å². The Kier molecular flexibility index (Phi) is 3.66. The molecule has 1 fully saturated rings. The number of methoxy groups -OCH3 is 1. The first-order valence-corrected chi connectivity index (χ1v) is 7.25. The van der Waals surface area contributed by atoms with Gasteiger partial charge in [-0.05, 0) is 31.4 Å². The number of ether oxygens (including phenoxy) is 1. The van der Waals surface area contributed by atoms with E-state index in [4.69, 9.17) is 14.3 Å². The highest BCUT2D eigenvalue weighted by atomic mass is 32.2. The molecule has 1 saturated carbocycles. The van der Waals surface area contributed by atoms with E-state index in [-0.39, 0.29) is 6.54 Å². The molecule has 0 spiro atoms. The third kappa shape index (κ3) is 2.80. The van der Waals surface area contributed by atoms with Gasteiger partial charge in [0.25, 0.3) is 10.0 Å². The van der Waals surface area contributed by atoms with Crippen LogP contribution in [0.4, 0.5) is 0 Å². The van der Waals surface area contributed by atoms with Crippen molar-refractivity contribution in [1.82, 2.24) is 4.72 Å². The highest BCUT2D eigenvalue weighted by Gasteiger charge is 2.38. The van der Waals surface area contributed by atoms with Crippen molar-refractivity contribution in [2.24, 2.45) is 0 Å². The summed E-state index contributed by atoms with van der Waals surface area (Å²) < 4.78 is 36.3. The summed E-state index contributed by atoms with van der Waals surface area (Å²) in [5, 5.41) is 8.27. The molecule has 0 aliphatic heterocycles. The zero-order chi connectivity index (χ0) is 14.1. The Morgan fingerprint density at radius 1 is 1.53 bits per heavy atom. The number of carbonyl (C=O) groups is 1. The lowest BCUT2D eigenvalue weighted by atomic mass is 9.80. The Balaban J connectivity index is 2.07. The second kappa shape index (κ2) is 4.95. The number of nitrogens with one attached hydrogen (secondary N) is 1. The molecule has 7 nitrogen and oxygen atoms in total. The highest BCUT2D eigenvalue weighted by Crippen LogP contribution is 2.34. The fourth-order valence-corrected chi connectivity index (χ4v) is 2.94. The first-order valence-electron chi connectivity index (χ1n) is 5.76. The lowest BCUT2D eigenvalue weighted by molar-refractivity contribution is -0.0659. The predicted molar refractivity (Wildman–Crippen MR) is 64.4 cm³/mol. The molecule has 1 aliphatic rings. The number of furan rings is 1. The third-order valence-corrected chi connectivity index (χ3v) is 4.61. The molecule has 0 radical (unpaired) electrons. The second-order valence-corrected chi connectivity index (χ2v) is 6.19. The van der Waals surface area contributed by atoms with Gasteiger partial charge in [0.2, 0.25) is 10.9 Å². The molecule has 0 atom stereocenters. The molecule has 0 bridgehead atoms. The van der Waals surface area contributed by atoms with Crippen LogP contribution in [0.1, 0.15) is 29.8 Å². The average Bonchev–Trinajstić information content (AvgIpc) is 2.78. The summed E-state index contributed by atoms with van der Waals surface area (Å²) in [7, 11) is -2.31. The Labute approximate surface area is 110 Å². The van der Waals surface area contributed by atoms with E-state index in [0.717, 1.165) is 31.4 Å². The Hall–Kier alpha value is -1.38. The minimum Gasteiger partial charge on any atom is -0.475 e. The van der Waals surface area contributed by atoms with Gasteiger partial charge in [0.15, 0.2) is 0 Å². The van der Waals surface area contributed by atoms with Gasteiger partial charge in [-0.3, -0.25) is 0 Å². The van der Waals surface area contributed by atoms with Gasteiger partial charge in [0, 0.05) is 13.7 Å². The summed E-state index contributed by atoms with van der Waals surface area (Å²) in [6.45, 7) is 0.148.